The summed E-state index contributed by atoms with van der Waals surface area (Å²) in [5.74, 6) is 2.41. The summed E-state index contributed by atoms with van der Waals surface area (Å²) in [6, 6.07) is 15.8. The molecule has 0 aliphatic carbocycles. The molecule has 2 aromatic heterocycles. The number of anilines is 1. The third-order valence-corrected chi connectivity index (χ3v) is 8.09. The van der Waals surface area contributed by atoms with Crippen LogP contribution in [0.5, 0.6) is 0 Å². The van der Waals surface area contributed by atoms with E-state index in [1.807, 2.05) is 18.3 Å². The monoisotopic (exact) mass is 526 g/mol. The molecule has 39 heavy (non-hydrogen) atoms. The zero-order valence-corrected chi connectivity index (χ0v) is 23.6. The van der Waals surface area contributed by atoms with Crippen LogP contribution in [0.3, 0.4) is 0 Å². The Balaban J connectivity index is 1.27. The fraction of sp³-hybridized carbons (Fsp3) is 0.452. The molecule has 1 unspecified atom stereocenters. The van der Waals surface area contributed by atoms with Gasteiger partial charge in [-0.1, -0.05) is 24.3 Å². The summed E-state index contributed by atoms with van der Waals surface area (Å²) in [5, 5.41) is 7.03. The van der Waals surface area contributed by atoms with Gasteiger partial charge in [0.05, 0.1) is 0 Å². The Labute approximate surface area is 232 Å². The number of nitrogens with one attached hydrogen (secondary N) is 2. The average molecular weight is 527 g/mol. The van der Waals surface area contributed by atoms with E-state index in [1.165, 1.54) is 11.1 Å². The Bertz CT molecular complexity index is 1290. The summed E-state index contributed by atoms with van der Waals surface area (Å²) in [6.45, 7) is 11.9. The van der Waals surface area contributed by atoms with Gasteiger partial charge in [0, 0.05) is 56.2 Å². The lowest BCUT2D eigenvalue weighted by molar-refractivity contribution is 0.177. The third kappa shape index (κ3) is 6.64. The number of aryl methyl sites for hydroxylation is 1. The van der Waals surface area contributed by atoms with Crippen LogP contribution in [0.15, 0.2) is 64.8 Å². The minimum absolute atomic E-state index is 0.349. The van der Waals surface area contributed by atoms with Crippen LogP contribution in [-0.2, 0) is 13.0 Å². The Morgan fingerprint density at radius 1 is 1.18 bits per heavy atom. The van der Waals surface area contributed by atoms with Gasteiger partial charge in [-0.05, 0) is 95.0 Å². The zero-order valence-electron chi connectivity index (χ0n) is 23.6. The summed E-state index contributed by atoms with van der Waals surface area (Å²) in [6.07, 6.45) is 7.31. The summed E-state index contributed by atoms with van der Waals surface area (Å²) in [7, 11) is 4.31. The number of benzene rings is 1. The van der Waals surface area contributed by atoms with Crippen molar-refractivity contribution in [3.05, 3.63) is 77.1 Å². The second-order valence-electron chi connectivity index (χ2n) is 11.0. The fourth-order valence-electron chi connectivity index (χ4n) is 5.66. The second kappa shape index (κ2) is 12.7. The second-order valence-corrected chi connectivity index (χ2v) is 11.0. The molecule has 2 aliphatic heterocycles. The van der Waals surface area contributed by atoms with Crippen molar-refractivity contribution in [3.8, 4) is 0 Å². The fourth-order valence-corrected chi connectivity index (χ4v) is 5.66. The maximum absolute atomic E-state index is 5.00. The molecule has 1 aromatic carbocycles. The van der Waals surface area contributed by atoms with E-state index in [0.29, 0.717) is 17.9 Å². The SMILES string of the molecule is C=N/C(=N\c1c(C)ccn1C1CCNCC1)c1ccnc(NCC(CN2CCc3ccccc3C2)N(C)C)c1. The average Bonchev–Trinajstić information content (AvgIpc) is 3.33. The summed E-state index contributed by atoms with van der Waals surface area (Å²) in [4.78, 5) is 18.8. The van der Waals surface area contributed by atoms with E-state index in [1.54, 1.807) is 0 Å². The predicted octanol–water partition coefficient (Wildman–Crippen LogP) is 4.30. The molecule has 0 saturated carbocycles. The first-order valence-corrected chi connectivity index (χ1v) is 14.1. The van der Waals surface area contributed by atoms with E-state index in [-0.39, 0.29) is 0 Å². The van der Waals surface area contributed by atoms with E-state index in [0.717, 1.165) is 81.3 Å². The lowest BCUT2D eigenvalue weighted by Gasteiger charge is -2.34. The van der Waals surface area contributed by atoms with Gasteiger partial charge in [-0.15, -0.1) is 0 Å². The van der Waals surface area contributed by atoms with Crippen molar-refractivity contribution in [3.63, 3.8) is 0 Å². The van der Waals surface area contributed by atoms with E-state index < -0.39 is 0 Å². The zero-order chi connectivity index (χ0) is 27.2. The number of likely N-dealkylation sites (N-methyl/N-ethyl adjacent to an activating group) is 1. The van der Waals surface area contributed by atoms with Crippen molar-refractivity contribution in [2.45, 2.75) is 44.8 Å². The van der Waals surface area contributed by atoms with E-state index in [2.05, 4.69) is 99.2 Å². The van der Waals surface area contributed by atoms with E-state index in [9.17, 15) is 0 Å². The molecule has 0 amide bonds. The van der Waals surface area contributed by atoms with Crippen molar-refractivity contribution >= 4 is 24.2 Å². The number of amidine groups is 1. The number of rotatable bonds is 9. The smallest absolute Gasteiger partial charge is 0.161 e. The lowest BCUT2D eigenvalue weighted by atomic mass is 9.99. The molecule has 1 saturated heterocycles. The van der Waals surface area contributed by atoms with Crippen LogP contribution in [0.25, 0.3) is 0 Å². The first-order valence-electron chi connectivity index (χ1n) is 14.1. The number of piperidine rings is 1. The molecule has 206 valence electrons. The van der Waals surface area contributed by atoms with Crippen LogP contribution in [0, 0.1) is 6.92 Å². The molecule has 0 spiro atoms. The molecule has 8 nitrogen and oxygen atoms in total. The number of aromatic nitrogens is 2. The standard InChI is InChI=1S/C31H42N8/c1-23-12-18-39(27-10-14-33-15-11-27)31(23)36-30(32-2)25-9-16-34-29(19-25)35-20-28(37(3)4)22-38-17-13-24-7-5-6-8-26(24)21-38/h5-9,12,16,18-19,27-28,33H,2,10-11,13-15,17,20-22H2,1,3-4H3,(H,34,35)/b36-30-. The van der Waals surface area contributed by atoms with Crippen molar-refractivity contribution < 1.29 is 0 Å². The van der Waals surface area contributed by atoms with Gasteiger partial charge in [0.1, 0.15) is 11.6 Å². The molecule has 8 heteroatoms. The van der Waals surface area contributed by atoms with Crippen molar-refractivity contribution in [2.24, 2.45) is 9.98 Å². The van der Waals surface area contributed by atoms with Crippen LogP contribution < -0.4 is 10.6 Å². The molecular formula is C31H42N8. The molecule has 3 aromatic rings. The highest BCUT2D eigenvalue weighted by Crippen LogP contribution is 2.30. The summed E-state index contributed by atoms with van der Waals surface area (Å²) >= 11 is 0. The maximum Gasteiger partial charge on any atom is 0.161 e. The van der Waals surface area contributed by atoms with Gasteiger partial charge in [-0.25, -0.2) is 15.0 Å². The predicted molar refractivity (Wildman–Crippen MR) is 162 cm³/mol. The third-order valence-electron chi connectivity index (χ3n) is 8.09. The topological polar surface area (TPSA) is 73.1 Å². The van der Waals surface area contributed by atoms with Crippen molar-refractivity contribution in [1.82, 2.24) is 24.7 Å². The van der Waals surface area contributed by atoms with Gasteiger partial charge in [-0.3, -0.25) is 4.90 Å². The van der Waals surface area contributed by atoms with E-state index in [4.69, 9.17) is 4.99 Å². The maximum atomic E-state index is 5.00. The number of hydrogen-bond donors (Lipinski definition) is 2. The van der Waals surface area contributed by atoms with Crippen molar-refractivity contribution in [2.75, 3.05) is 52.1 Å². The Morgan fingerprint density at radius 3 is 2.74 bits per heavy atom. The quantitative estimate of drug-likeness (QED) is 0.321. The molecular weight excluding hydrogens is 484 g/mol. The minimum Gasteiger partial charge on any atom is -0.368 e. The minimum atomic E-state index is 0.349. The molecule has 2 aliphatic rings. The van der Waals surface area contributed by atoms with Crippen molar-refractivity contribution in [1.29, 1.82) is 0 Å². The summed E-state index contributed by atoms with van der Waals surface area (Å²) < 4.78 is 2.31. The lowest BCUT2D eigenvalue weighted by Crippen LogP contribution is -2.45. The van der Waals surface area contributed by atoms with E-state index >= 15 is 0 Å². The number of fused-ring (bicyclic) bond motifs is 1. The molecule has 0 radical (unpaired) electrons. The first kappa shape index (κ1) is 27.2. The largest absolute Gasteiger partial charge is 0.368 e. The van der Waals surface area contributed by atoms with Crippen LogP contribution in [-0.4, -0.2) is 84.8 Å². The first-order chi connectivity index (χ1) is 19.0. The highest BCUT2D eigenvalue weighted by atomic mass is 15.2. The Kier molecular flexibility index (Phi) is 8.86. The molecule has 1 atom stereocenters. The number of nitrogens with zero attached hydrogens (tertiary/aromatic N) is 6. The summed E-state index contributed by atoms with van der Waals surface area (Å²) in [5.41, 5.74) is 5.00. The number of aliphatic imine (C=N–C) groups is 2. The molecule has 1 fully saturated rings. The van der Waals surface area contributed by atoms with Gasteiger partial charge in [-0.2, -0.15) is 0 Å². The molecule has 5 rings (SSSR count). The van der Waals surface area contributed by atoms with Gasteiger partial charge >= 0.3 is 0 Å². The van der Waals surface area contributed by atoms with Crippen LogP contribution in [0.4, 0.5) is 11.6 Å². The molecule has 4 heterocycles. The highest BCUT2D eigenvalue weighted by Gasteiger charge is 2.22. The van der Waals surface area contributed by atoms with Gasteiger partial charge in [0.2, 0.25) is 0 Å². The number of pyridine rings is 1. The van der Waals surface area contributed by atoms with Crippen LogP contribution >= 0.6 is 0 Å². The normalized spacial score (nSPS) is 17.7. The highest BCUT2D eigenvalue weighted by molar-refractivity contribution is 6.03. The van der Waals surface area contributed by atoms with Crippen LogP contribution in [0.2, 0.25) is 0 Å². The van der Waals surface area contributed by atoms with Gasteiger partial charge < -0.3 is 20.1 Å². The Hall–Kier alpha value is -3.33. The van der Waals surface area contributed by atoms with Gasteiger partial charge in [0.15, 0.2) is 5.84 Å². The number of hydrogen-bond acceptors (Lipinski definition) is 6. The molecule has 2 N–H and O–H groups in total. The Morgan fingerprint density at radius 2 is 1.97 bits per heavy atom. The van der Waals surface area contributed by atoms with Crippen LogP contribution in [0.1, 0.15) is 41.1 Å². The van der Waals surface area contributed by atoms with Gasteiger partial charge in [0.25, 0.3) is 0 Å². The molecule has 0 bridgehead atoms.